The van der Waals surface area contributed by atoms with Crippen LogP contribution in [0.1, 0.15) is 129 Å². The van der Waals surface area contributed by atoms with Crippen molar-refractivity contribution in [2.45, 2.75) is 128 Å². The van der Waals surface area contributed by atoms with Crippen molar-refractivity contribution < 1.29 is 54.3 Å². The van der Waals surface area contributed by atoms with Crippen molar-refractivity contribution in [3.05, 3.63) is 81.8 Å². The first-order valence-electron chi connectivity index (χ1n) is 16.1. The number of benzene rings is 2. The van der Waals surface area contributed by atoms with E-state index in [-0.39, 0.29) is 44.6 Å². The smallest absolute Gasteiger partial charge is 1.00 e. The van der Waals surface area contributed by atoms with Crippen molar-refractivity contribution in [1.82, 2.24) is 0 Å². The van der Waals surface area contributed by atoms with Crippen molar-refractivity contribution in [3.8, 4) is 0 Å². The molecule has 0 radical (unpaired) electrons. The van der Waals surface area contributed by atoms with E-state index >= 15 is 0 Å². The van der Waals surface area contributed by atoms with Gasteiger partial charge in [0.2, 0.25) is 0 Å². The van der Waals surface area contributed by atoms with Gasteiger partial charge in [0.05, 0.1) is 0 Å². The normalized spacial score (nSPS) is 12.4. The van der Waals surface area contributed by atoms with E-state index in [0.29, 0.717) is 0 Å². The summed E-state index contributed by atoms with van der Waals surface area (Å²) in [7, 11) is -0.193. The quantitative estimate of drug-likeness (QED) is 0.140. The molecule has 0 saturated heterocycles. The van der Waals surface area contributed by atoms with Crippen molar-refractivity contribution >= 4 is 18.1 Å². The zero-order valence-corrected chi connectivity index (χ0v) is 31.2. The van der Waals surface area contributed by atoms with Gasteiger partial charge in [-0.15, -0.1) is 0 Å². The van der Waals surface area contributed by atoms with Crippen molar-refractivity contribution in [2.24, 2.45) is 0 Å². The fourth-order valence-electron chi connectivity index (χ4n) is 6.09. The third-order valence-electron chi connectivity index (χ3n) is 8.34. The number of hydrogen-bond acceptors (Lipinski definition) is 0. The molecule has 0 unspecified atom stereocenters. The van der Waals surface area contributed by atoms with E-state index in [1.165, 1.54) is 119 Å². The van der Waals surface area contributed by atoms with Gasteiger partial charge in [0, 0.05) is 0 Å². The topological polar surface area (TPSA) is 0 Å². The predicted octanol–water partition coefficient (Wildman–Crippen LogP) is 1.47. The Morgan fingerprint density at radius 1 is 0.585 bits per heavy atom. The summed E-state index contributed by atoms with van der Waals surface area (Å²) in [4.78, 5) is 0. The summed E-state index contributed by atoms with van der Waals surface area (Å²) in [5, 5.41) is 1.69. The molecule has 228 valence electrons. The molecule has 0 aliphatic heterocycles. The van der Waals surface area contributed by atoms with Gasteiger partial charge in [0.15, 0.2) is 0 Å². The van der Waals surface area contributed by atoms with Gasteiger partial charge in [-0.3, -0.25) is 0 Å². The summed E-state index contributed by atoms with van der Waals surface area (Å²) < 4.78 is 3.41. The summed E-state index contributed by atoms with van der Waals surface area (Å²) in [5.41, 5.74) is 4.76. The third-order valence-corrected chi connectivity index (χ3v) is 20.2. The zero-order chi connectivity index (χ0) is 26.7. The van der Waals surface area contributed by atoms with E-state index in [1.54, 1.807) is 16.3 Å². The summed E-state index contributed by atoms with van der Waals surface area (Å²) in [6.45, 7) is 4.74. The molecule has 0 N–H and O–H groups in total. The maximum Gasteiger partial charge on any atom is -1.00 e. The minimum absolute atomic E-state index is 0. The number of rotatable bonds is 21. The van der Waals surface area contributed by atoms with Crippen LogP contribution in [-0.4, -0.2) is 7.39 Å². The molecule has 0 fully saturated rings. The van der Waals surface area contributed by atoms with Crippen LogP contribution in [0.5, 0.6) is 0 Å². The first-order valence-corrected chi connectivity index (χ1v) is 22.8. The molecule has 3 rings (SSSR count). The number of allylic oxidation sites excluding steroid dienone is 4. The first kappa shape index (κ1) is 40.7. The standard InChI is InChI=1S/C18H37.C12H11.C6H7Si.3ClH.Ti/c1-3-5-7-9-11-13-15-17-18-16-14-12-10-8-6-4-2;1-10-7-8-12(9-10)11-5-3-2-4-6-11;7-6-4-2-1-3-5-6;;;;/h1,3-18H2,2H3;2-6,8H,7H2,1H3;1-5H,7H2;3*1H;/q;;;;;;+3/p-3. The van der Waals surface area contributed by atoms with Crippen LogP contribution in [0.4, 0.5) is 0 Å². The maximum atomic E-state index is 2.54. The minimum Gasteiger partial charge on any atom is -1.00 e. The molecule has 0 spiro atoms. The Balaban J connectivity index is 0.00000533. The molecule has 2 aromatic rings. The Kier molecular flexibility index (Phi) is 26.0. The van der Waals surface area contributed by atoms with Gasteiger partial charge >= 0.3 is 206 Å². The molecule has 0 atom stereocenters. The second-order valence-electron chi connectivity index (χ2n) is 11.7. The van der Waals surface area contributed by atoms with Crippen LogP contribution < -0.4 is 42.4 Å². The van der Waals surface area contributed by atoms with Crippen LogP contribution in [0.25, 0.3) is 5.57 Å². The van der Waals surface area contributed by atoms with Gasteiger partial charge in [-0.1, -0.05) is 39.0 Å². The minimum atomic E-state index is -1.28. The summed E-state index contributed by atoms with van der Waals surface area (Å²) in [6.07, 6.45) is 27.0. The van der Waals surface area contributed by atoms with Gasteiger partial charge in [-0.2, -0.15) is 0 Å². The van der Waals surface area contributed by atoms with Crippen LogP contribution in [-0.2, 0) is 17.1 Å². The molecule has 0 heterocycles. The monoisotopic (exact) mass is 668 g/mol. The van der Waals surface area contributed by atoms with Gasteiger partial charge < -0.3 is 37.2 Å². The van der Waals surface area contributed by atoms with Crippen LogP contribution in [0.2, 0.25) is 4.73 Å². The van der Waals surface area contributed by atoms with Gasteiger partial charge in [0.1, 0.15) is 0 Å². The van der Waals surface area contributed by atoms with Gasteiger partial charge in [-0.05, 0) is 0 Å². The van der Waals surface area contributed by atoms with Gasteiger partial charge in [0.25, 0.3) is 0 Å². The SMILES string of the molecule is CCCCCCCCCCCCCCCCC[CH2][Ti+3]([SiH2]c1ccccc1)[C]1=C(C)CC=C1c1ccccc1.[Cl-].[Cl-].[Cl-]. The van der Waals surface area contributed by atoms with Crippen molar-refractivity contribution in [3.63, 3.8) is 0 Å². The Bertz CT molecular complexity index is 946. The van der Waals surface area contributed by atoms with E-state index in [9.17, 15) is 0 Å². The molecule has 0 bridgehead atoms. The molecule has 41 heavy (non-hydrogen) atoms. The predicted molar refractivity (Wildman–Crippen MR) is 171 cm³/mol. The molecule has 0 amide bonds. The molecule has 5 heteroatoms. The molecule has 0 saturated carbocycles. The average molecular weight is 670 g/mol. The van der Waals surface area contributed by atoms with Crippen molar-refractivity contribution in [2.75, 3.05) is 0 Å². The summed E-state index contributed by atoms with van der Waals surface area (Å²) in [6, 6.07) is 22.8. The van der Waals surface area contributed by atoms with Gasteiger partial charge in [-0.25, -0.2) is 0 Å². The summed E-state index contributed by atoms with van der Waals surface area (Å²) >= 11 is -1.28. The Labute approximate surface area is 280 Å². The molecule has 0 nitrogen and oxygen atoms in total. The van der Waals surface area contributed by atoms with E-state index in [0.717, 1.165) is 0 Å². The van der Waals surface area contributed by atoms with Crippen LogP contribution >= 0.6 is 0 Å². The number of unbranched alkanes of at least 4 members (excludes halogenated alkanes) is 15. The third kappa shape index (κ3) is 16.4. The maximum absolute atomic E-state index is 2.54. The zero-order valence-electron chi connectivity index (χ0n) is 25.9. The second-order valence-corrected chi connectivity index (χ2v) is 21.5. The molecular weight excluding hydrogens is 615 g/mol. The number of hydrogen-bond donors (Lipinski definition) is 0. The summed E-state index contributed by atoms with van der Waals surface area (Å²) in [5.74, 6) is 0. The Morgan fingerprint density at radius 3 is 1.51 bits per heavy atom. The molecule has 0 aromatic heterocycles. The largest absolute Gasteiger partial charge is 1.00 e. The van der Waals surface area contributed by atoms with Crippen LogP contribution in [0.15, 0.2) is 76.2 Å². The molecule has 2 aromatic carbocycles. The first-order chi connectivity index (χ1) is 18.8. The molecule has 1 aliphatic carbocycles. The Hall–Kier alpha value is -0.279. The average Bonchev–Trinajstić information content (AvgIpc) is 3.34. The van der Waals surface area contributed by atoms with E-state index in [2.05, 4.69) is 80.6 Å². The van der Waals surface area contributed by atoms with E-state index in [1.807, 2.05) is 3.88 Å². The number of halogens is 3. The molecule has 1 aliphatic rings. The fourth-order valence-corrected chi connectivity index (χ4v) is 19.1. The second kappa shape index (κ2) is 26.2. The van der Waals surface area contributed by atoms with Crippen LogP contribution in [0.3, 0.4) is 0 Å². The Morgan fingerprint density at radius 2 is 1.02 bits per heavy atom. The van der Waals surface area contributed by atoms with Crippen molar-refractivity contribution in [1.29, 1.82) is 0 Å². The van der Waals surface area contributed by atoms with E-state index < -0.39 is 17.1 Å². The van der Waals surface area contributed by atoms with Crippen LogP contribution in [0, 0.1) is 0 Å². The van der Waals surface area contributed by atoms with E-state index in [4.69, 9.17) is 0 Å². The molecular formula is C36H55Cl3SiTi. The fraction of sp³-hybridized carbons (Fsp3) is 0.556.